The molecule has 1 N–H and O–H groups in total. The maximum absolute atomic E-state index is 12.7. The highest BCUT2D eigenvalue weighted by atomic mass is 35.5. The van der Waals surface area contributed by atoms with Crippen LogP contribution in [0.5, 0.6) is 0 Å². The van der Waals surface area contributed by atoms with Gasteiger partial charge in [-0.15, -0.1) is 24.8 Å². The fourth-order valence-corrected chi connectivity index (χ4v) is 4.03. The molecule has 2 aromatic rings. The molecule has 2 atom stereocenters. The van der Waals surface area contributed by atoms with Gasteiger partial charge in [-0.3, -0.25) is 9.69 Å². The molecule has 1 amide bonds. The van der Waals surface area contributed by atoms with Crippen molar-refractivity contribution < 1.29 is 9.32 Å². The quantitative estimate of drug-likeness (QED) is 0.763. The standard InChI is InChI=1S/C21H29N5O2.2ClH/c1-15-5-7-17(8-6-15)19-23-20(28-24-19)16(2)25-10-12-26(13-11-25)21(27)18-4-3-9-22-14-18;;/h5-8,16,18,22H,3-4,9-14H2,1-2H3;2*1H. The summed E-state index contributed by atoms with van der Waals surface area (Å²) in [6, 6.07) is 8.16. The Morgan fingerprint density at radius 1 is 1.17 bits per heavy atom. The highest BCUT2D eigenvalue weighted by molar-refractivity contribution is 5.85. The maximum atomic E-state index is 12.7. The van der Waals surface area contributed by atoms with E-state index in [1.54, 1.807) is 0 Å². The highest BCUT2D eigenvalue weighted by Gasteiger charge is 2.31. The van der Waals surface area contributed by atoms with Crippen LogP contribution in [-0.4, -0.2) is 65.1 Å². The number of piperazine rings is 1. The molecule has 0 bridgehead atoms. The van der Waals surface area contributed by atoms with E-state index in [0.717, 1.165) is 57.7 Å². The molecular weight excluding hydrogens is 425 g/mol. The minimum absolute atomic E-state index is 0. The third kappa shape index (κ3) is 5.52. The first kappa shape index (κ1) is 24.6. The Morgan fingerprint density at radius 3 is 2.50 bits per heavy atom. The molecule has 2 unspecified atom stereocenters. The normalized spacial score (nSPS) is 20.7. The van der Waals surface area contributed by atoms with Crippen LogP contribution in [-0.2, 0) is 4.79 Å². The van der Waals surface area contributed by atoms with Crippen molar-refractivity contribution in [3.63, 3.8) is 0 Å². The van der Waals surface area contributed by atoms with Crippen molar-refractivity contribution in [3.05, 3.63) is 35.7 Å². The van der Waals surface area contributed by atoms with E-state index in [-0.39, 0.29) is 36.8 Å². The van der Waals surface area contributed by atoms with E-state index < -0.39 is 0 Å². The molecule has 166 valence electrons. The zero-order valence-corrected chi connectivity index (χ0v) is 19.2. The number of halogens is 2. The Balaban J connectivity index is 0.00000160. The van der Waals surface area contributed by atoms with Crippen LogP contribution >= 0.6 is 24.8 Å². The van der Waals surface area contributed by atoms with Gasteiger partial charge in [0.2, 0.25) is 17.6 Å². The number of hydrogen-bond acceptors (Lipinski definition) is 6. The number of hydrogen-bond donors (Lipinski definition) is 1. The SMILES string of the molecule is Cc1ccc(-c2noc(C(C)N3CCN(C(=O)C4CCCNC4)CC3)n2)cc1.Cl.Cl. The van der Waals surface area contributed by atoms with Gasteiger partial charge in [-0.2, -0.15) is 4.98 Å². The van der Waals surface area contributed by atoms with Gasteiger partial charge in [-0.25, -0.2) is 0 Å². The fourth-order valence-electron chi connectivity index (χ4n) is 4.03. The Labute approximate surface area is 190 Å². The second kappa shape index (κ2) is 11.1. The molecular formula is C21H31Cl2N5O2. The molecule has 7 nitrogen and oxygen atoms in total. The van der Waals surface area contributed by atoms with E-state index in [1.807, 2.05) is 29.2 Å². The lowest BCUT2D eigenvalue weighted by Gasteiger charge is -2.38. The van der Waals surface area contributed by atoms with Crippen molar-refractivity contribution in [2.75, 3.05) is 39.3 Å². The number of carbonyl (C=O) groups is 1. The van der Waals surface area contributed by atoms with Gasteiger partial charge in [-0.05, 0) is 33.2 Å². The molecule has 1 aromatic heterocycles. The molecule has 2 aliphatic heterocycles. The third-order valence-electron chi connectivity index (χ3n) is 5.93. The number of amides is 1. The Hall–Kier alpha value is -1.67. The minimum Gasteiger partial charge on any atom is -0.340 e. The number of aromatic nitrogens is 2. The molecule has 2 fully saturated rings. The van der Waals surface area contributed by atoms with Crippen LogP contribution in [0.15, 0.2) is 28.8 Å². The molecule has 0 aliphatic carbocycles. The number of piperidine rings is 1. The maximum Gasteiger partial charge on any atom is 0.244 e. The van der Waals surface area contributed by atoms with Crippen molar-refractivity contribution in [1.82, 2.24) is 25.3 Å². The van der Waals surface area contributed by atoms with E-state index in [1.165, 1.54) is 5.56 Å². The molecule has 9 heteroatoms. The van der Waals surface area contributed by atoms with Crippen LogP contribution in [0.3, 0.4) is 0 Å². The second-order valence-corrected chi connectivity index (χ2v) is 7.90. The summed E-state index contributed by atoms with van der Waals surface area (Å²) in [5, 5.41) is 7.49. The van der Waals surface area contributed by atoms with Crippen molar-refractivity contribution in [2.24, 2.45) is 5.92 Å². The van der Waals surface area contributed by atoms with E-state index >= 15 is 0 Å². The van der Waals surface area contributed by atoms with Crippen molar-refractivity contribution in [2.45, 2.75) is 32.7 Å². The van der Waals surface area contributed by atoms with Gasteiger partial charge in [0.15, 0.2) is 0 Å². The first-order valence-corrected chi connectivity index (χ1v) is 10.3. The lowest BCUT2D eigenvalue weighted by atomic mass is 9.98. The lowest BCUT2D eigenvalue weighted by molar-refractivity contribution is -0.138. The molecule has 2 saturated heterocycles. The number of aryl methyl sites for hydroxylation is 1. The van der Waals surface area contributed by atoms with Crippen molar-refractivity contribution in [3.8, 4) is 11.4 Å². The van der Waals surface area contributed by atoms with Gasteiger partial charge in [0.25, 0.3) is 0 Å². The summed E-state index contributed by atoms with van der Waals surface area (Å²) in [4.78, 5) is 21.7. The monoisotopic (exact) mass is 455 g/mol. The van der Waals surface area contributed by atoms with E-state index in [0.29, 0.717) is 17.6 Å². The molecule has 0 spiro atoms. The zero-order valence-electron chi connectivity index (χ0n) is 17.5. The van der Waals surface area contributed by atoms with E-state index in [2.05, 4.69) is 34.2 Å². The minimum atomic E-state index is 0. The predicted octanol–water partition coefficient (Wildman–Crippen LogP) is 3.09. The molecule has 0 saturated carbocycles. The summed E-state index contributed by atoms with van der Waals surface area (Å²) in [6.45, 7) is 9.18. The molecule has 4 rings (SSSR count). The predicted molar refractivity (Wildman–Crippen MR) is 121 cm³/mol. The van der Waals surface area contributed by atoms with E-state index in [4.69, 9.17) is 4.52 Å². The van der Waals surface area contributed by atoms with Crippen LogP contribution in [0.25, 0.3) is 11.4 Å². The Kier molecular flexibility index (Phi) is 9.09. The Morgan fingerprint density at radius 2 is 1.87 bits per heavy atom. The van der Waals surface area contributed by atoms with Crippen LogP contribution in [0.2, 0.25) is 0 Å². The van der Waals surface area contributed by atoms with Gasteiger partial charge in [-0.1, -0.05) is 35.0 Å². The first-order valence-electron chi connectivity index (χ1n) is 10.3. The summed E-state index contributed by atoms with van der Waals surface area (Å²) in [7, 11) is 0. The van der Waals surface area contributed by atoms with Gasteiger partial charge < -0.3 is 14.7 Å². The van der Waals surface area contributed by atoms with Crippen LogP contribution in [0, 0.1) is 12.8 Å². The summed E-state index contributed by atoms with van der Waals surface area (Å²) >= 11 is 0. The number of nitrogens with one attached hydrogen (secondary N) is 1. The van der Waals surface area contributed by atoms with Gasteiger partial charge in [0.05, 0.1) is 12.0 Å². The third-order valence-corrected chi connectivity index (χ3v) is 5.93. The summed E-state index contributed by atoms with van der Waals surface area (Å²) in [5.74, 6) is 1.71. The number of benzene rings is 1. The molecule has 30 heavy (non-hydrogen) atoms. The van der Waals surface area contributed by atoms with Gasteiger partial charge in [0.1, 0.15) is 0 Å². The zero-order chi connectivity index (χ0) is 19.5. The smallest absolute Gasteiger partial charge is 0.244 e. The summed E-state index contributed by atoms with van der Waals surface area (Å²) < 4.78 is 5.54. The van der Waals surface area contributed by atoms with Gasteiger partial charge in [0, 0.05) is 38.3 Å². The van der Waals surface area contributed by atoms with Crippen LogP contribution in [0.4, 0.5) is 0 Å². The van der Waals surface area contributed by atoms with Crippen molar-refractivity contribution in [1.29, 1.82) is 0 Å². The van der Waals surface area contributed by atoms with Crippen LogP contribution in [0.1, 0.15) is 37.3 Å². The molecule has 1 aromatic carbocycles. The topological polar surface area (TPSA) is 74.5 Å². The summed E-state index contributed by atoms with van der Waals surface area (Å²) in [5.41, 5.74) is 2.17. The highest BCUT2D eigenvalue weighted by Crippen LogP contribution is 2.24. The number of rotatable bonds is 4. The first-order chi connectivity index (χ1) is 13.6. The van der Waals surface area contributed by atoms with E-state index in [9.17, 15) is 4.79 Å². The lowest BCUT2D eigenvalue weighted by Crippen LogP contribution is -2.52. The average Bonchev–Trinajstić information content (AvgIpc) is 3.24. The molecule has 0 radical (unpaired) electrons. The van der Waals surface area contributed by atoms with Crippen LogP contribution < -0.4 is 5.32 Å². The van der Waals surface area contributed by atoms with Gasteiger partial charge >= 0.3 is 0 Å². The molecule has 3 heterocycles. The Bertz CT molecular complexity index is 800. The average molecular weight is 456 g/mol. The summed E-state index contributed by atoms with van der Waals surface area (Å²) in [6.07, 6.45) is 2.10. The molecule has 2 aliphatic rings. The fraction of sp³-hybridized carbons (Fsp3) is 0.571. The number of carbonyl (C=O) groups excluding carboxylic acids is 1. The van der Waals surface area contributed by atoms with Crippen molar-refractivity contribution >= 4 is 30.7 Å². The second-order valence-electron chi connectivity index (χ2n) is 7.90. The number of nitrogens with zero attached hydrogens (tertiary/aromatic N) is 4. The largest absolute Gasteiger partial charge is 0.340 e.